The second kappa shape index (κ2) is 9.36. The van der Waals surface area contributed by atoms with Crippen molar-refractivity contribution in [2.75, 3.05) is 6.61 Å². The summed E-state index contributed by atoms with van der Waals surface area (Å²) in [5.74, 6) is 2.06. The van der Waals surface area contributed by atoms with E-state index in [0.29, 0.717) is 23.8 Å². The molecule has 6 nitrogen and oxygen atoms in total. The summed E-state index contributed by atoms with van der Waals surface area (Å²) in [6.45, 7) is 7.64. The van der Waals surface area contributed by atoms with E-state index in [1.165, 1.54) is 0 Å². The third-order valence-electron chi connectivity index (χ3n) is 3.61. The first-order valence-electron chi connectivity index (χ1n) is 8.62. The van der Waals surface area contributed by atoms with Crippen molar-refractivity contribution >= 4 is 18.1 Å². The van der Waals surface area contributed by atoms with Gasteiger partial charge >= 0.3 is 0 Å². The van der Waals surface area contributed by atoms with Crippen molar-refractivity contribution in [3.63, 3.8) is 0 Å². The van der Waals surface area contributed by atoms with Gasteiger partial charge in [-0.15, -0.1) is 0 Å². The Kier molecular flexibility index (Phi) is 7.18. The number of nitrogens with zero attached hydrogens (tertiary/aromatic N) is 2. The minimum atomic E-state index is -0.0880. The standard InChI is InChI=1S/C18H26N4O2S/c1-4-5-16-20-21-18(25)22(16)11-17(23)19-10-14-6-8-15(9-7-14)24-12-13(2)3/h6-9,13H,4-5,10-12H2,1-3H3,(H,19,23)(H,21,25). The third-order valence-corrected chi connectivity index (χ3v) is 3.92. The van der Waals surface area contributed by atoms with Crippen LogP contribution in [0.5, 0.6) is 5.75 Å². The lowest BCUT2D eigenvalue weighted by Gasteiger charge is -2.10. The monoisotopic (exact) mass is 362 g/mol. The average Bonchev–Trinajstić information content (AvgIpc) is 2.93. The Morgan fingerprint density at radius 1 is 1.36 bits per heavy atom. The molecule has 2 aromatic rings. The SMILES string of the molecule is CCCc1n[nH]c(=S)n1CC(=O)NCc1ccc(OCC(C)C)cc1. The second-order valence-electron chi connectivity index (χ2n) is 6.41. The summed E-state index contributed by atoms with van der Waals surface area (Å²) >= 11 is 5.19. The Bertz CT molecular complexity index is 734. The number of H-pyrrole nitrogens is 1. The molecule has 0 aliphatic heterocycles. The largest absolute Gasteiger partial charge is 0.493 e. The molecule has 0 spiro atoms. The molecule has 0 bridgehead atoms. The minimum absolute atomic E-state index is 0.0880. The molecule has 0 unspecified atom stereocenters. The number of ether oxygens (including phenoxy) is 1. The van der Waals surface area contributed by atoms with E-state index in [1.807, 2.05) is 24.3 Å². The lowest BCUT2D eigenvalue weighted by molar-refractivity contribution is -0.121. The fraction of sp³-hybridized carbons (Fsp3) is 0.500. The maximum Gasteiger partial charge on any atom is 0.240 e. The summed E-state index contributed by atoms with van der Waals surface area (Å²) in [5.41, 5.74) is 1.02. The normalized spacial score (nSPS) is 10.9. The molecular weight excluding hydrogens is 336 g/mol. The summed E-state index contributed by atoms with van der Waals surface area (Å²) in [7, 11) is 0. The van der Waals surface area contributed by atoms with E-state index >= 15 is 0 Å². The molecule has 1 aromatic heterocycles. The Hall–Kier alpha value is -2.15. The number of aromatic nitrogens is 3. The maximum absolute atomic E-state index is 12.2. The lowest BCUT2D eigenvalue weighted by atomic mass is 10.2. The number of benzene rings is 1. The van der Waals surface area contributed by atoms with Crippen molar-refractivity contribution in [2.24, 2.45) is 5.92 Å². The predicted molar refractivity (Wildman–Crippen MR) is 100 cm³/mol. The minimum Gasteiger partial charge on any atom is -0.493 e. The number of aryl methyl sites for hydroxylation is 1. The van der Waals surface area contributed by atoms with Crippen LogP contribution in [0.25, 0.3) is 0 Å². The summed E-state index contributed by atoms with van der Waals surface area (Å²) in [6.07, 6.45) is 1.74. The first kappa shape index (κ1) is 19.2. The number of aromatic amines is 1. The van der Waals surface area contributed by atoms with Crippen LogP contribution in [-0.2, 0) is 24.3 Å². The average molecular weight is 362 g/mol. The molecule has 136 valence electrons. The van der Waals surface area contributed by atoms with Crippen molar-refractivity contribution in [3.05, 3.63) is 40.4 Å². The van der Waals surface area contributed by atoms with Crippen molar-refractivity contribution in [1.82, 2.24) is 20.1 Å². The Balaban J connectivity index is 1.86. The van der Waals surface area contributed by atoms with E-state index < -0.39 is 0 Å². The van der Waals surface area contributed by atoms with Gasteiger partial charge in [0.15, 0.2) is 4.77 Å². The van der Waals surface area contributed by atoms with Gasteiger partial charge in [0.2, 0.25) is 5.91 Å². The number of carbonyl (C=O) groups excluding carboxylic acids is 1. The van der Waals surface area contributed by atoms with Gasteiger partial charge in [-0.1, -0.05) is 32.9 Å². The second-order valence-corrected chi connectivity index (χ2v) is 6.79. The zero-order valence-electron chi connectivity index (χ0n) is 15.0. The Labute approximate surface area is 153 Å². The van der Waals surface area contributed by atoms with Crippen LogP contribution in [0, 0.1) is 10.7 Å². The van der Waals surface area contributed by atoms with Crippen molar-refractivity contribution in [3.8, 4) is 5.75 Å². The van der Waals surface area contributed by atoms with E-state index in [0.717, 1.165) is 30.0 Å². The van der Waals surface area contributed by atoms with Crippen molar-refractivity contribution in [1.29, 1.82) is 0 Å². The van der Waals surface area contributed by atoms with Crippen LogP contribution in [0.15, 0.2) is 24.3 Å². The van der Waals surface area contributed by atoms with Gasteiger partial charge in [-0.3, -0.25) is 14.5 Å². The van der Waals surface area contributed by atoms with Gasteiger partial charge in [0.1, 0.15) is 18.1 Å². The van der Waals surface area contributed by atoms with Crippen molar-refractivity contribution < 1.29 is 9.53 Å². The number of nitrogens with one attached hydrogen (secondary N) is 2. The number of hydrogen-bond donors (Lipinski definition) is 2. The van der Waals surface area contributed by atoms with Gasteiger partial charge in [0.05, 0.1) is 6.61 Å². The molecule has 2 N–H and O–H groups in total. The smallest absolute Gasteiger partial charge is 0.240 e. The highest BCUT2D eigenvalue weighted by Gasteiger charge is 2.09. The van der Waals surface area contributed by atoms with Crippen LogP contribution >= 0.6 is 12.2 Å². The van der Waals surface area contributed by atoms with E-state index in [2.05, 4.69) is 36.3 Å². The number of carbonyl (C=O) groups is 1. The van der Waals surface area contributed by atoms with Gasteiger partial charge in [0, 0.05) is 13.0 Å². The molecular formula is C18H26N4O2S. The molecule has 1 amide bonds. The molecule has 0 saturated heterocycles. The molecule has 2 rings (SSSR count). The van der Waals surface area contributed by atoms with Gasteiger partial charge in [-0.05, 0) is 42.3 Å². The molecule has 25 heavy (non-hydrogen) atoms. The van der Waals surface area contributed by atoms with Crippen LogP contribution in [0.4, 0.5) is 0 Å². The van der Waals surface area contributed by atoms with Crippen LogP contribution in [-0.4, -0.2) is 27.3 Å². The first-order chi connectivity index (χ1) is 12.0. The Morgan fingerprint density at radius 3 is 2.72 bits per heavy atom. The lowest BCUT2D eigenvalue weighted by Crippen LogP contribution is -2.27. The molecule has 0 saturated carbocycles. The highest BCUT2D eigenvalue weighted by atomic mass is 32.1. The first-order valence-corrected chi connectivity index (χ1v) is 9.03. The van der Waals surface area contributed by atoms with Gasteiger partial charge in [-0.25, -0.2) is 0 Å². The van der Waals surface area contributed by atoms with Crippen LogP contribution in [0.1, 0.15) is 38.6 Å². The summed E-state index contributed by atoms with van der Waals surface area (Å²) in [6, 6.07) is 7.77. The zero-order valence-corrected chi connectivity index (χ0v) is 15.9. The Morgan fingerprint density at radius 2 is 2.08 bits per heavy atom. The van der Waals surface area contributed by atoms with E-state index in [1.54, 1.807) is 4.57 Å². The van der Waals surface area contributed by atoms with E-state index in [4.69, 9.17) is 17.0 Å². The molecule has 7 heteroatoms. The fourth-order valence-corrected chi connectivity index (χ4v) is 2.51. The molecule has 1 heterocycles. The number of hydrogen-bond acceptors (Lipinski definition) is 4. The van der Waals surface area contributed by atoms with Gasteiger partial charge in [-0.2, -0.15) is 5.10 Å². The highest BCUT2D eigenvalue weighted by molar-refractivity contribution is 7.71. The molecule has 0 aliphatic carbocycles. The van der Waals surface area contributed by atoms with E-state index in [9.17, 15) is 4.79 Å². The number of rotatable bonds is 9. The number of amides is 1. The fourth-order valence-electron chi connectivity index (χ4n) is 2.29. The topological polar surface area (TPSA) is 71.9 Å². The molecule has 0 atom stereocenters. The van der Waals surface area contributed by atoms with Gasteiger partial charge < -0.3 is 10.1 Å². The van der Waals surface area contributed by atoms with Gasteiger partial charge in [0.25, 0.3) is 0 Å². The van der Waals surface area contributed by atoms with E-state index in [-0.39, 0.29) is 12.5 Å². The zero-order chi connectivity index (χ0) is 18.2. The molecule has 1 aromatic carbocycles. The summed E-state index contributed by atoms with van der Waals surface area (Å²) < 4.78 is 7.88. The van der Waals surface area contributed by atoms with Crippen LogP contribution in [0.3, 0.4) is 0 Å². The van der Waals surface area contributed by atoms with Crippen molar-refractivity contribution in [2.45, 2.75) is 46.7 Å². The third kappa shape index (κ3) is 6.01. The highest BCUT2D eigenvalue weighted by Crippen LogP contribution is 2.13. The summed E-state index contributed by atoms with van der Waals surface area (Å²) in [5, 5.41) is 9.83. The predicted octanol–water partition coefficient (Wildman–Crippen LogP) is 3.24. The molecule has 0 fully saturated rings. The van der Waals surface area contributed by atoms with Crippen LogP contribution in [0.2, 0.25) is 0 Å². The maximum atomic E-state index is 12.2. The molecule has 0 aliphatic rings. The quantitative estimate of drug-likeness (QED) is 0.672. The molecule has 0 radical (unpaired) electrons. The summed E-state index contributed by atoms with van der Waals surface area (Å²) in [4.78, 5) is 12.2. The van der Waals surface area contributed by atoms with Crippen LogP contribution < -0.4 is 10.1 Å².